The van der Waals surface area contributed by atoms with Crippen molar-refractivity contribution in [3.05, 3.63) is 58.1 Å². The molecule has 0 unspecified atom stereocenters. The second-order valence-corrected chi connectivity index (χ2v) is 7.46. The van der Waals surface area contributed by atoms with E-state index in [2.05, 4.69) is 10.6 Å². The van der Waals surface area contributed by atoms with Crippen LogP contribution in [0, 0.1) is 19.3 Å². The summed E-state index contributed by atoms with van der Waals surface area (Å²) >= 11 is 6.09. The van der Waals surface area contributed by atoms with Crippen molar-refractivity contribution >= 4 is 29.1 Å². The molecule has 5 nitrogen and oxygen atoms in total. The average Bonchev–Trinajstić information content (AvgIpc) is 2.63. The van der Waals surface area contributed by atoms with E-state index in [0.717, 1.165) is 16.7 Å². The predicted octanol–water partition coefficient (Wildman–Crippen LogP) is 4.25. The first-order chi connectivity index (χ1) is 12.6. The maximum Gasteiger partial charge on any atom is 0.239 e. The van der Waals surface area contributed by atoms with Crippen LogP contribution in [0.15, 0.2) is 36.4 Å². The lowest BCUT2D eigenvalue weighted by Crippen LogP contribution is -2.44. The van der Waals surface area contributed by atoms with Crippen LogP contribution in [0.1, 0.15) is 30.5 Å². The van der Waals surface area contributed by atoms with Gasteiger partial charge in [-0.1, -0.05) is 41.4 Å². The van der Waals surface area contributed by atoms with Crippen LogP contribution in [0.3, 0.4) is 0 Å². The zero-order valence-corrected chi connectivity index (χ0v) is 17.0. The first-order valence-electron chi connectivity index (χ1n) is 8.64. The number of rotatable bonds is 6. The van der Waals surface area contributed by atoms with Gasteiger partial charge in [-0.2, -0.15) is 0 Å². The zero-order chi connectivity index (χ0) is 20.2. The number of benzene rings is 2. The number of nitrogens with one attached hydrogen (secondary N) is 2. The molecule has 2 aromatic carbocycles. The van der Waals surface area contributed by atoms with Crippen LogP contribution in [0.2, 0.25) is 5.02 Å². The maximum absolute atomic E-state index is 12.7. The highest BCUT2D eigenvalue weighted by Gasteiger charge is 2.36. The normalized spacial score (nSPS) is 11.0. The Balaban J connectivity index is 2.08. The van der Waals surface area contributed by atoms with Gasteiger partial charge < -0.3 is 15.4 Å². The number of halogens is 1. The molecule has 0 spiro atoms. The van der Waals surface area contributed by atoms with Crippen molar-refractivity contribution in [2.75, 3.05) is 12.4 Å². The number of aryl methyl sites for hydroxylation is 2. The summed E-state index contributed by atoms with van der Waals surface area (Å²) in [6.07, 6.45) is 0. The Morgan fingerprint density at radius 3 is 2.30 bits per heavy atom. The summed E-state index contributed by atoms with van der Waals surface area (Å²) in [5, 5.41) is 6.14. The number of hydrogen-bond acceptors (Lipinski definition) is 3. The van der Waals surface area contributed by atoms with E-state index in [0.29, 0.717) is 23.0 Å². The van der Waals surface area contributed by atoms with Gasteiger partial charge in [0.2, 0.25) is 11.8 Å². The fourth-order valence-electron chi connectivity index (χ4n) is 2.42. The Labute approximate surface area is 165 Å². The minimum Gasteiger partial charge on any atom is -0.495 e. The topological polar surface area (TPSA) is 67.4 Å². The molecule has 0 aliphatic rings. The Morgan fingerprint density at radius 2 is 1.70 bits per heavy atom. The van der Waals surface area contributed by atoms with Crippen molar-refractivity contribution in [1.82, 2.24) is 5.32 Å². The highest BCUT2D eigenvalue weighted by atomic mass is 35.5. The van der Waals surface area contributed by atoms with Crippen molar-refractivity contribution in [1.29, 1.82) is 0 Å². The SMILES string of the molecule is COc1cc(Cl)c(C)cc1NC(=O)C(C)(C)C(=O)NCc1ccc(C)cc1. The van der Waals surface area contributed by atoms with Gasteiger partial charge in [-0.05, 0) is 44.9 Å². The lowest BCUT2D eigenvalue weighted by Gasteiger charge is -2.23. The van der Waals surface area contributed by atoms with E-state index in [-0.39, 0.29) is 5.91 Å². The van der Waals surface area contributed by atoms with E-state index in [1.54, 1.807) is 26.0 Å². The van der Waals surface area contributed by atoms with Gasteiger partial charge in [0.05, 0.1) is 12.8 Å². The first-order valence-corrected chi connectivity index (χ1v) is 9.02. The molecule has 2 N–H and O–H groups in total. The fraction of sp³-hybridized carbons (Fsp3) is 0.333. The van der Waals surface area contributed by atoms with Crippen molar-refractivity contribution < 1.29 is 14.3 Å². The summed E-state index contributed by atoms with van der Waals surface area (Å²) in [5.41, 5.74) is 2.14. The van der Waals surface area contributed by atoms with Crippen LogP contribution in [-0.4, -0.2) is 18.9 Å². The van der Waals surface area contributed by atoms with Crippen molar-refractivity contribution in [2.24, 2.45) is 5.41 Å². The number of carbonyl (C=O) groups is 2. The van der Waals surface area contributed by atoms with Crippen LogP contribution in [0.5, 0.6) is 5.75 Å². The van der Waals surface area contributed by atoms with E-state index in [9.17, 15) is 9.59 Å². The third-order valence-electron chi connectivity index (χ3n) is 4.44. The van der Waals surface area contributed by atoms with Gasteiger partial charge >= 0.3 is 0 Å². The molecule has 0 aliphatic carbocycles. The molecule has 0 aromatic heterocycles. The Bertz CT molecular complexity index is 845. The molecule has 0 saturated heterocycles. The van der Waals surface area contributed by atoms with Gasteiger partial charge in [0.25, 0.3) is 0 Å². The van der Waals surface area contributed by atoms with Crippen LogP contribution in [0.4, 0.5) is 5.69 Å². The van der Waals surface area contributed by atoms with E-state index in [1.165, 1.54) is 7.11 Å². The highest BCUT2D eigenvalue weighted by Crippen LogP contribution is 2.32. The minimum absolute atomic E-state index is 0.356. The molecule has 2 rings (SSSR count). The number of amides is 2. The lowest BCUT2D eigenvalue weighted by molar-refractivity contribution is -0.138. The number of hydrogen-bond donors (Lipinski definition) is 2. The summed E-state index contributed by atoms with van der Waals surface area (Å²) in [4.78, 5) is 25.3. The summed E-state index contributed by atoms with van der Waals surface area (Å²) < 4.78 is 5.27. The van der Waals surface area contributed by atoms with E-state index in [1.807, 2.05) is 38.1 Å². The van der Waals surface area contributed by atoms with Gasteiger partial charge in [-0.15, -0.1) is 0 Å². The molecule has 0 heterocycles. The molecule has 0 radical (unpaired) electrons. The molecule has 27 heavy (non-hydrogen) atoms. The second-order valence-electron chi connectivity index (χ2n) is 7.05. The monoisotopic (exact) mass is 388 g/mol. The van der Waals surface area contributed by atoms with Crippen LogP contribution >= 0.6 is 11.6 Å². The van der Waals surface area contributed by atoms with Crippen LogP contribution in [-0.2, 0) is 16.1 Å². The lowest BCUT2D eigenvalue weighted by atomic mass is 9.90. The number of carbonyl (C=O) groups excluding carboxylic acids is 2. The molecular weight excluding hydrogens is 364 g/mol. The zero-order valence-electron chi connectivity index (χ0n) is 16.3. The van der Waals surface area contributed by atoms with Crippen LogP contribution < -0.4 is 15.4 Å². The van der Waals surface area contributed by atoms with Gasteiger partial charge in [0.15, 0.2) is 0 Å². The van der Waals surface area contributed by atoms with E-state index < -0.39 is 11.3 Å². The molecule has 2 aromatic rings. The third-order valence-corrected chi connectivity index (χ3v) is 4.85. The van der Waals surface area contributed by atoms with E-state index >= 15 is 0 Å². The quantitative estimate of drug-likeness (QED) is 0.727. The smallest absolute Gasteiger partial charge is 0.239 e. The van der Waals surface area contributed by atoms with Crippen molar-refractivity contribution in [2.45, 2.75) is 34.2 Å². The molecule has 144 valence electrons. The molecule has 0 saturated carbocycles. The molecular formula is C21H25ClN2O3. The van der Waals surface area contributed by atoms with E-state index in [4.69, 9.17) is 16.3 Å². The maximum atomic E-state index is 12.7. The predicted molar refractivity (Wildman–Crippen MR) is 108 cm³/mol. The molecule has 2 amide bonds. The third kappa shape index (κ3) is 5.01. The summed E-state index contributed by atoms with van der Waals surface area (Å²) in [6.45, 7) is 7.36. The Morgan fingerprint density at radius 1 is 1.07 bits per heavy atom. The van der Waals surface area contributed by atoms with Crippen LogP contribution in [0.25, 0.3) is 0 Å². The first kappa shape index (κ1) is 20.8. The minimum atomic E-state index is -1.26. The number of methoxy groups -OCH3 is 1. The average molecular weight is 389 g/mol. The van der Waals surface area contributed by atoms with Gasteiger partial charge in [0, 0.05) is 17.6 Å². The summed E-state index contributed by atoms with van der Waals surface area (Å²) in [7, 11) is 1.50. The van der Waals surface area contributed by atoms with Gasteiger partial charge in [-0.3, -0.25) is 9.59 Å². The standard InChI is InChI=1S/C21H25ClN2O3/c1-13-6-8-15(9-7-13)12-23-19(25)21(3,4)20(26)24-17-10-14(2)16(22)11-18(17)27-5/h6-11H,12H2,1-5H3,(H,23,25)(H,24,26). The van der Waals surface area contributed by atoms with Gasteiger partial charge in [0.1, 0.15) is 11.2 Å². The molecule has 0 bridgehead atoms. The molecule has 6 heteroatoms. The largest absolute Gasteiger partial charge is 0.495 e. The number of ether oxygens (including phenoxy) is 1. The molecule has 0 aliphatic heterocycles. The highest BCUT2D eigenvalue weighted by molar-refractivity contribution is 6.31. The second kappa shape index (κ2) is 8.44. The summed E-state index contributed by atoms with van der Waals surface area (Å²) in [6, 6.07) is 11.2. The molecule has 0 fully saturated rings. The Hall–Kier alpha value is -2.53. The van der Waals surface area contributed by atoms with Crippen molar-refractivity contribution in [3.63, 3.8) is 0 Å². The van der Waals surface area contributed by atoms with Crippen molar-refractivity contribution in [3.8, 4) is 5.75 Å². The fourth-order valence-corrected chi connectivity index (χ4v) is 2.57. The number of anilines is 1. The molecule has 0 atom stereocenters. The summed E-state index contributed by atoms with van der Waals surface area (Å²) in [5.74, 6) is -0.344. The Kier molecular flexibility index (Phi) is 6.50. The van der Waals surface area contributed by atoms with Gasteiger partial charge in [-0.25, -0.2) is 0 Å².